The minimum atomic E-state index is -0.379. The first-order valence-electron chi connectivity index (χ1n) is 7.99. The van der Waals surface area contributed by atoms with Gasteiger partial charge < -0.3 is 9.47 Å². The molecule has 0 aliphatic heterocycles. The summed E-state index contributed by atoms with van der Waals surface area (Å²) in [5.41, 5.74) is 1.91. The Balaban J connectivity index is 1.85. The van der Waals surface area contributed by atoms with E-state index in [1.165, 1.54) is 7.11 Å². The number of allylic oxidation sites excluding steroid dienone is 2. The average Bonchev–Trinajstić information content (AvgIpc) is 3.30. The molecule has 0 N–H and O–H groups in total. The largest absolute Gasteiger partial charge is 0.465 e. The third-order valence-corrected chi connectivity index (χ3v) is 4.15. The van der Waals surface area contributed by atoms with Gasteiger partial charge in [0.2, 0.25) is 0 Å². The van der Waals surface area contributed by atoms with Crippen molar-refractivity contribution in [2.45, 2.75) is 32.1 Å². The van der Waals surface area contributed by atoms with Gasteiger partial charge in [-0.15, -0.1) is 0 Å². The number of carbonyl (C=O) groups is 2. The molecule has 1 saturated carbocycles. The van der Waals surface area contributed by atoms with Crippen LogP contribution in [0.5, 0.6) is 0 Å². The molecule has 2 aliphatic carbocycles. The van der Waals surface area contributed by atoms with Crippen molar-refractivity contribution in [3.05, 3.63) is 58.9 Å². The lowest BCUT2D eigenvalue weighted by Gasteiger charge is -2.11. The van der Waals surface area contributed by atoms with Gasteiger partial charge in [-0.25, -0.2) is 9.59 Å². The molecule has 3 rings (SSSR count). The molecule has 0 atom stereocenters. The topological polar surface area (TPSA) is 52.6 Å². The predicted octanol–water partition coefficient (Wildman–Crippen LogP) is 3.79. The Hall–Kier alpha value is -2.36. The smallest absolute Gasteiger partial charge is 0.343 e. The first kappa shape index (κ1) is 15.5. The fourth-order valence-electron chi connectivity index (χ4n) is 2.76. The van der Waals surface area contributed by atoms with E-state index < -0.39 is 0 Å². The third-order valence-electron chi connectivity index (χ3n) is 4.15. The Kier molecular flexibility index (Phi) is 4.60. The van der Waals surface area contributed by atoms with Crippen molar-refractivity contribution in [3.8, 4) is 0 Å². The number of carbonyl (C=O) groups excluding carboxylic acids is 2. The van der Waals surface area contributed by atoms with Crippen LogP contribution >= 0.6 is 0 Å². The Morgan fingerprint density at radius 2 is 1.87 bits per heavy atom. The fraction of sp³-hybridized carbons (Fsp3) is 0.368. The fourth-order valence-corrected chi connectivity index (χ4v) is 2.76. The van der Waals surface area contributed by atoms with Crippen LogP contribution < -0.4 is 0 Å². The van der Waals surface area contributed by atoms with Gasteiger partial charge in [0, 0.05) is 12.0 Å². The maximum Gasteiger partial charge on any atom is 0.343 e. The highest BCUT2D eigenvalue weighted by molar-refractivity contribution is 5.94. The lowest BCUT2D eigenvalue weighted by atomic mass is 10.0. The first-order valence-corrected chi connectivity index (χ1v) is 7.99. The van der Waals surface area contributed by atoms with Crippen LogP contribution in [0.4, 0.5) is 0 Å². The van der Waals surface area contributed by atoms with Crippen LogP contribution in [0.1, 0.15) is 42.5 Å². The Morgan fingerprint density at radius 1 is 1.13 bits per heavy atom. The highest BCUT2D eigenvalue weighted by atomic mass is 16.5. The quantitative estimate of drug-likeness (QED) is 0.613. The molecule has 0 radical (unpaired) electrons. The second-order valence-electron chi connectivity index (χ2n) is 5.92. The summed E-state index contributed by atoms with van der Waals surface area (Å²) in [6.45, 7) is 0. The minimum Gasteiger partial charge on any atom is -0.465 e. The van der Waals surface area contributed by atoms with Crippen molar-refractivity contribution in [1.82, 2.24) is 0 Å². The third kappa shape index (κ3) is 3.70. The standard InChI is InChI=1S/C19H20O4/c1-22-19(21)16(12-13-10-11-13)15-8-5-9-17(15)23-18(20)14-6-3-2-4-7-14/h2-4,6-7,12-13H,5,8-11H2,1H3/b16-12-. The molecule has 0 bridgehead atoms. The summed E-state index contributed by atoms with van der Waals surface area (Å²) in [6, 6.07) is 8.89. The lowest BCUT2D eigenvalue weighted by Crippen LogP contribution is -2.10. The predicted molar refractivity (Wildman–Crippen MR) is 85.6 cm³/mol. The molecule has 0 amide bonds. The molecule has 4 heteroatoms. The van der Waals surface area contributed by atoms with Crippen LogP contribution in [0.2, 0.25) is 0 Å². The van der Waals surface area contributed by atoms with Crippen molar-refractivity contribution in [2.24, 2.45) is 5.92 Å². The zero-order chi connectivity index (χ0) is 16.2. The zero-order valence-electron chi connectivity index (χ0n) is 13.2. The van der Waals surface area contributed by atoms with Gasteiger partial charge in [-0.3, -0.25) is 0 Å². The van der Waals surface area contributed by atoms with Crippen LogP contribution in [0.15, 0.2) is 53.3 Å². The first-order chi connectivity index (χ1) is 11.2. The van der Waals surface area contributed by atoms with E-state index in [0.29, 0.717) is 29.2 Å². The van der Waals surface area contributed by atoms with Gasteiger partial charge in [0.15, 0.2) is 0 Å². The number of ether oxygens (including phenoxy) is 2. The van der Waals surface area contributed by atoms with Crippen LogP contribution in [0.25, 0.3) is 0 Å². The van der Waals surface area contributed by atoms with E-state index in [2.05, 4.69) is 0 Å². The molecule has 0 aromatic heterocycles. The van der Waals surface area contributed by atoms with Gasteiger partial charge in [-0.05, 0) is 43.7 Å². The summed E-state index contributed by atoms with van der Waals surface area (Å²) < 4.78 is 10.5. The molecule has 0 unspecified atom stereocenters. The Bertz CT molecular complexity index is 666. The second kappa shape index (κ2) is 6.82. The van der Waals surface area contributed by atoms with Gasteiger partial charge >= 0.3 is 11.9 Å². The highest BCUT2D eigenvalue weighted by Crippen LogP contribution is 2.38. The molecule has 0 heterocycles. The molecule has 0 saturated heterocycles. The number of methoxy groups -OCH3 is 1. The van der Waals surface area contributed by atoms with Gasteiger partial charge in [-0.2, -0.15) is 0 Å². The Morgan fingerprint density at radius 3 is 2.52 bits per heavy atom. The SMILES string of the molecule is COC(=O)/C(=C\C1CC1)C1=C(OC(=O)c2ccccc2)CCC1. The van der Waals surface area contributed by atoms with E-state index in [1.807, 2.05) is 12.1 Å². The summed E-state index contributed by atoms with van der Waals surface area (Å²) in [5.74, 6) is 0.331. The molecule has 1 aromatic carbocycles. The summed E-state index contributed by atoms with van der Waals surface area (Å²) >= 11 is 0. The van der Waals surface area contributed by atoms with E-state index in [1.54, 1.807) is 24.3 Å². The number of hydrogen-bond acceptors (Lipinski definition) is 4. The minimum absolute atomic E-state index is 0.345. The van der Waals surface area contributed by atoms with Crippen LogP contribution in [0.3, 0.4) is 0 Å². The molecule has 23 heavy (non-hydrogen) atoms. The summed E-state index contributed by atoms with van der Waals surface area (Å²) in [6.07, 6.45) is 6.48. The molecular weight excluding hydrogens is 292 g/mol. The van der Waals surface area contributed by atoms with E-state index >= 15 is 0 Å². The summed E-state index contributed by atoms with van der Waals surface area (Å²) in [4.78, 5) is 24.3. The highest BCUT2D eigenvalue weighted by Gasteiger charge is 2.29. The zero-order valence-corrected chi connectivity index (χ0v) is 13.2. The molecule has 2 aliphatic rings. The van der Waals surface area contributed by atoms with Crippen molar-refractivity contribution < 1.29 is 19.1 Å². The van der Waals surface area contributed by atoms with Crippen molar-refractivity contribution in [3.63, 3.8) is 0 Å². The summed E-state index contributed by atoms with van der Waals surface area (Å²) in [7, 11) is 1.38. The molecule has 4 nitrogen and oxygen atoms in total. The number of rotatable bonds is 5. The van der Waals surface area contributed by atoms with Crippen LogP contribution in [0, 0.1) is 5.92 Å². The van der Waals surface area contributed by atoms with Gasteiger partial charge in [0.1, 0.15) is 5.76 Å². The summed E-state index contributed by atoms with van der Waals surface area (Å²) in [5, 5.41) is 0. The van der Waals surface area contributed by atoms with Gasteiger partial charge in [-0.1, -0.05) is 24.3 Å². The average molecular weight is 312 g/mol. The monoisotopic (exact) mass is 312 g/mol. The molecule has 1 aromatic rings. The molecule has 1 fully saturated rings. The van der Waals surface area contributed by atoms with E-state index in [-0.39, 0.29) is 11.9 Å². The van der Waals surface area contributed by atoms with Crippen LogP contribution in [-0.4, -0.2) is 19.0 Å². The van der Waals surface area contributed by atoms with Gasteiger partial charge in [0.05, 0.1) is 18.2 Å². The number of esters is 2. The van der Waals surface area contributed by atoms with E-state index in [4.69, 9.17) is 9.47 Å². The van der Waals surface area contributed by atoms with Crippen LogP contribution in [-0.2, 0) is 14.3 Å². The van der Waals surface area contributed by atoms with E-state index in [0.717, 1.165) is 31.3 Å². The van der Waals surface area contributed by atoms with Gasteiger partial charge in [0.25, 0.3) is 0 Å². The van der Waals surface area contributed by atoms with E-state index in [9.17, 15) is 9.59 Å². The molecule has 120 valence electrons. The molecular formula is C19H20O4. The van der Waals surface area contributed by atoms with Crippen molar-refractivity contribution in [2.75, 3.05) is 7.11 Å². The number of benzene rings is 1. The van der Waals surface area contributed by atoms with Crippen molar-refractivity contribution >= 4 is 11.9 Å². The number of hydrogen-bond donors (Lipinski definition) is 0. The molecule has 0 spiro atoms. The lowest BCUT2D eigenvalue weighted by molar-refractivity contribution is -0.135. The second-order valence-corrected chi connectivity index (χ2v) is 5.92. The maximum absolute atomic E-state index is 12.3. The van der Waals surface area contributed by atoms with Crippen molar-refractivity contribution in [1.29, 1.82) is 0 Å². The maximum atomic E-state index is 12.3. The normalized spacial score (nSPS) is 18.0. The Labute approximate surface area is 135 Å².